The molecule has 0 aromatic heterocycles. The minimum Gasteiger partial charge on any atom is -0.462 e. The van der Waals surface area contributed by atoms with Gasteiger partial charge in [0.25, 0.3) is 0 Å². The summed E-state index contributed by atoms with van der Waals surface area (Å²) in [7, 11) is 0. The second kappa shape index (κ2) is 5.67. The molecule has 3 fully saturated rings. The van der Waals surface area contributed by atoms with Gasteiger partial charge in [0, 0.05) is 25.2 Å². The Kier molecular flexibility index (Phi) is 3.91. The first-order chi connectivity index (χ1) is 11.8. The zero-order valence-corrected chi connectivity index (χ0v) is 15.6. The Morgan fingerprint density at radius 3 is 2.76 bits per heavy atom. The standard InChI is InChI=1S/C21H30O4/c1-12(22)25-14-8-9-20(2)13(10-14)4-5-15-16-6-7-18(24)21(16,3)11-17(23)19(15)20/h4,14-17,19,23H,5-11H2,1-3H3/t14-,15-,16-,17+,19+,20-,21-/m0/s1. The van der Waals surface area contributed by atoms with Gasteiger partial charge >= 0.3 is 5.97 Å². The second-order valence-electron chi connectivity index (χ2n) is 9.30. The van der Waals surface area contributed by atoms with E-state index in [0.29, 0.717) is 30.5 Å². The van der Waals surface area contributed by atoms with E-state index in [9.17, 15) is 14.7 Å². The molecule has 4 rings (SSSR count). The average Bonchev–Trinajstić information content (AvgIpc) is 2.82. The van der Waals surface area contributed by atoms with Crippen LogP contribution >= 0.6 is 0 Å². The van der Waals surface area contributed by atoms with Crippen molar-refractivity contribution in [1.29, 1.82) is 0 Å². The van der Waals surface area contributed by atoms with E-state index in [2.05, 4.69) is 19.9 Å². The van der Waals surface area contributed by atoms with Gasteiger partial charge in [0.2, 0.25) is 0 Å². The molecule has 0 aromatic rings. The van der Waals surface area contributed by atoms with Crippen LogP contribution in [0, 0.1) is 28.6 Å². The maximum atomic E-state index is 12.5. The van der Waals surface area contributed by atoms with Gasteiger partial charge in [-0.25, -0.2) is 0 Å². The van der Waals surface area contributed by atoms with E-state index in [0.717, 1.165) is 32.1 Å². The molecule has 25 heavy (non-hydrogen) atoms. The Hall–Kier alpha value is -1.16. The lowest BCUT2D eigenvalue weighted by Crippen LogP contribution is -2.56. The summed E-state index contributed by atoms with van der Waals surface area (Å²) >= 11 is 0. The summed E-state index contributed by atoms with van der Waals surface area (Å²) in [6.07, 6.45) is 7.76. The number of esters is 1. The van der Waals surface area contributed by atoms with Crippen LogP contribution in [0.25, 0.3) is 0 Å². The maximum Gasteiger partial charge on any atom is 0.302 e. The van der Waals surface area contributed by atoms with Crippen molar-refractivity contribution in [2.24, 2.45) is 28.6 Å². The van der Waals surface area contributed by atoms with Crippen molar-refractivity contribution in [2.75, 3.05) is 0 Å². The lowest BCUT2D eigenvalue weighted by atomic mass is 9.47. The molecule has 0 aromatic carbocycles. The predicted molar refractivity (Wildman–Crippen MR) is 93.7 cm³/mol. The zero-order chi connectivity index (χ0) is 18.0. The normalized spacial score (nSPS) is 48.9. The smallest absolute Gasteiger partial charge is 0.302 e. The minimum atomic E-state index is -0.410. The van der Waals surface area contributed by atoms with Crippen molar-refractivity contribution in [3.05, 3.63) is 11.6 Å². The summed E-state index contributed by atoms with van der Waals surface area (Å²) in [4.78, 5) is 23.8. The molecule has 0 heterocycles. The fourth-order valence-corrected chi connectivity index (χ4v) is 6.87. The molecule has 4 aliphatic carbocycles. The molecular formula is C21H30O4. The molecule has 0 aliphatic heterocycles. The van der Waals surface area contributed by atoms with Gasteiger partial charge in [-0.05, 0) is 55.3 Å². The number of aliphatic hydroxyl groups excluding tert-OH is 1. The quantitative estimate of drug-likeness (QED) is 0.584. The third kappa shape index (κ3) is 2.43. The Morgan fingerprint density at radius 1 is 1.28 bits per heavy atom. The van der Waals surface area contributed by atoms with Gasteiger partial charge in [-0.1, -0.05) is 25.5 Å². The van der Waals surface area contributed by atoms with Crippen LogP contribution in [0.3, 0.4) is 0 Å². The predicted octanol–water partition coefficient (Wildman–Crippen LogP) is 3.42. The number of ketones is 1. The van der Waals surface area contributed by atoms with Crippen molar-refractivity contribution in [3.8, 4) is 0 Å². The number of carbonyl (C=O) groups excluding carboxylic acids is 2. The van der Waals surface area contributed by atoms with E-state index in [-0.39, 0.29) is 28.8 Å². The van der Waals surface area contributed by atoms with Crippen LogP contribution in [-0.2, 0) is 14.3 Å². The number of aliphatic hydroxyl groups is 1. The van der Waals surface area contributed by atoms with Crippen LogP contribution in [0.4, 0.5) is 0 Å². The molecular weight excluding hydrogens is 316 g/mol. The number of rotatable bonds is 1. The largest absolute Gasteiger partial charge is 0.462 e. The number of ether oxygens (including phenoxy) is 1. The molecule has 4 aliphatic rings. The lowest BCUT2D eigenvalue weighted by molar-refractivity contribution is -0.152. The molecule has 0 amide bonds. The Morgan fingerprint density at radius 2 is 2.04 bits per heavy atom. The average molecular weight is 346 g/mol. The van der Waals surface area contributed by atoms with Gasteiger partial charge in [0.05, 0.1) is 6.10 Å². The first kappa shape index (κ1) is 17.3. The van der Waals surface area contributed by atoms with Crippen LogP contribution < -0.4 is 0 Å². The second-order valence-corrected chi connectivity index (χ2v) is 9.30. The van der Waals surface area contributed by atoms with Gasteiger partial charge in [-0.3, -0.25) is 9.59 Å². The third-order valence-corrected chi connectivity index (χ3v) is 8.04. The Bertz CT molecular complexity index is 638. The highest BCUT2D eigenvalue weighted by Gasteiger charge is 2.61. The molecule has 0 saturated heterocycles. The van der Waals surface area contributed by atoms with E-state index in [1.807, 2.05) is 0 Å². The van der Waals surface area contributed by atoms with Crippen LogP contribution in [0.5, 0.6) is 0 Å². The first-order valence-corrected chi connectivity index (χ1v) is 9.84. The molecule has 4 nitrogen and oxygen atoms in total. The minimum absolute atomic E-state index is 0.0209. The molecule has 4 heteroatoms. The van der Waals surface area contributed by atoms with E-state index in [1.54, 1.807) is 0 Å². The monoisotopic (exact) mass is 346 g/mol. The maximum absolute atomic E-state index is 12.5. The summed E-state index contributed by atoms with van der Waals surface area (Å²) in [5, 5.41) is 11.1. The van der Waals surface area contributed by atoms with Crippen molar-refractivity contribution in [3.63, 3.8) is 0 Å². The molecule has 0 spiro atoms. The highest BCUT2D eigenvalue weighted by molar-refractivity contribution is 5.87. The number of hydrogen-bond donors (Lipinski definition) is 1. The SMILES string of the molecule is CC(=O)O[C@H]1CC[C@@]2(C)C(=CC[C@@H]3[C@@H]2[C@H](O)C[C@]2(C)C(=O)CC[C@@H]32)C1. The van der Waals surface area contributed by atoms with E-state index in [4.69, 9.17) is 4.74 Å². The molecule has 7 atom stereocenters. The lowest BCUT2D eigenvalue weighted by Gasteiger charge is -2.58. The zero-order valence-electron chi connectivity index (χ0n) is 15.6. The fourth-order valence-electron chi connectivity index (χ4n) is 6.87. The number of fused-ring (bicyclic) bond motifs is 5. The van der Waals surface area contributed by atoms with E-state index < -0.39 is 6.10 Å². The molecule has 1 N–H and O–H groups in total. The van der Waals surface area contributed by atoms with E-state index >= 15 is 0 Å². The molecule has 0 unspecified atom stereocenters. The third-order valence-electron chi connectivity index (χ3n) is 8.04. The van der Waals surface area contributed by atoms with Crippen molar-refractivity contribution in [1.82, 2.24) is 0 Å². The topological polar surface area (TPSA) is 63.6 Å². The van der Waals surface area contributed by atoms with Crippen LogP contribution in [0.2, 0.25) is 0 Å². The Labute approximate surface area is 150 Å². The van der Waals surface area contributed by atoms with Crippen molar-refractivity contribution in [2.45, 2.75) is 77.9 Å². The number of Topliss-reactive ketones (excluding diaryl/α,β-unsaturated/α-hetero) is 1. The Balaban J connectivity index is 1.64. The highest BCUT2D eigenvalue weighted by Crippen LogP contribution is 2.64. The fraction of sp³-hybridized carbons (Fsp3) is 0.810. The summed E-state index contributed by atoms with van der Waals surface area (Å²) in [6, 6.07) is 0. The van der Waals surface area contributed by atoms with Gasteiger partial charge in [-0.15, -0.1) is 0 Å². The van der Waals surface area contributed by atoms with Crippen LogP contribution in [-0.4, -0.2) is 29.1 Å². The molecule has 138 valence electrons. The number of carbonyl (C=O) groups is 2. The van der Waals surface area contributed by atoms with Crippen LogP contribution in [0.15, 0.2) is 11.6 Å². The summed E-state index contributed by atoms with van der Waals surface area (Å²) in [6.45, 7) is 5.86. The van der Waals surface area contributed by atoms with Gasteiger partial charge < -0.3 is 9.84 Å². The van der Waals surface area contributed by atoms with E-state index in [1.165, 1.54) is 12.5 Å². The van der Waals surface area contributed by atoms with Gasteiger partial charge in [0.15, 0.2) is 0 Å². The summed E-state index contributed by atoms with van der Waals surface area (Å²) in [5.74, 6) is 1.19. The summed E-state index contributed by atoms with van der Waals surface area (Å²) < 4.78 is 5.46. The van der Waals surface area contributed by atoms with Gasteiger partial charge in [-0.2, -0.15) is 0 Å². The van der Waals surface area contributed by atoms with Crippen LogP contribution in [0.1, 0.15) is 65.7 Å². The van der Waals surface area contributed by atoms with Gasteiger partial charge in [0.1, 0.15) is 11.9 Å². The molecule has 0 radical (unpaired) electrons. The molecule has 0 bridgehead atoms. The molecule has 3 saturated carbocycles. The van der Waals surface area contributed by atoms with Crippen molar-refractivity contribution < 1.29 is 19.4 Å². The first-order valence-electron chi connectivity index (χ1n) is 9.84. The summed E-state index contributed by atoms with van der Waals surface area (Å²) in [5.41, 5.74) is 1.02. The number of hydrogen-bond acceptors (Lipinski definition) is 4. The number of allylic oxidation sites excluding steroid dienone is 1. The van der Waals surface area contributed by atoms with Crippen molar-refractivity contribution >= 4 is 11.8 Å². The highest BCUT2D eigenvalue weighted by atomic mass is 16.5.